The third-order valence-corrected chi connectivity index (χ3v) is 3.25. The molecule has 0 amide bonds. The van der Waals surface area contributed by atoms with E-state index in [0.29, 0.717) is 13.0 Å². The molecule has 3 N–H and O–H groups in total. The summed E-state index contributed by atoms with van der Waals surface area (Å²) in [5.41, 5.74) is 5.11. The average molecular weight is 224 g/mol. The van der Waals surface area contributed by atoms with Crippen molar-refractivity contribution in [2.24, 2.45) is 11.7 Å². The van der Waals surface area contributed by atoms with Crippen molar-refractivity contribution in [2.45, 2.75) is 44.3 Å². The molecule has 1 fully saturated rings. The Kier molecular flexibility index (Phi) is 4.00. The number of nitrogens with one attached hydrogen (secondary N) is 1. The molecule has 0 radical (unpaired) electrons. The second-order valence-corrected chi connectivity index (χ2v) is 4.35. The highest BCUT2D eigenvalue weighted by Gasteiger charge is 2.46. The Bertz CT molecular complexity index is 201. The fourth-order valence-electron chi connectivity index (χ4n) is 2.44. The summed E-state index contributed by atoms with van der Waals surface area (Å²) in [7, 11) is 0. The van der Waals surface area contributed by atoms with Crippen molar-refractivity contribution in [3.8, 4) is 0 Å². The number of nitrogens with two attached hydrogens (primary N) is 1. The molecule has 0 heterocycles. The van der Waals surface area contributed by atoms with E-state index in [1.54, 1.807) is 0 Å². The number of hydrogen-bond acceptors (Lipinski definition) is 2. The molecule has 2 nitrogen and oxygen atoms in total. The zero-order chi connectivity index (χ0) is 11.5. The van der Waals surface area contributed by atoms with E-state index in [9.17, 15) is 13.2 Å². The maximum atomic E-state index is 12.6. The Morgan fingerprint density at radius 3 is 2.60 bits per heavy atom. The molecule has 1 aliphatic carbocycles. The third kappa shape index (κ3) is 3.08. The van der Waals surface area contributed by atoms with Crippen LogP contribution in [0.25, 0.3) is 0 Å². The maximum Gasteiger partial charge on any atom is 0.391 e. The Morgan fingerprint density at radius 2 is 2.13 bits per heavy atom. The standard InChI is InChI=1S/C10H19F3N2/c1-2-15-9(7-14)5-3-4-8(6-9)10(11,12)13/h8,15H,2-7,14H2,1H3. The van der Waals surface area contributed by atoms with E-state index < -0.39 is 17.6 Å². The van der Waals surface area contributed by atoms with Crippen LogP contribution < -0.4 is 11.1 Å². The molecule has 0 aromatic heterocycles. The van der Waals surface area contributed by atoms with Gasteiger partial charge in [-0.25, -0.2) is 0 Å². The first-order valence-electron chi connectivity index (χ1n) is 5.45. The summed E-state index contributed by atoms with van der Waals surface area (Å²) in [6.07, 6.45) is -2.34. The van der Waals surface area contributed by atoms with Crippen molar-refractivity contribution in [2.75, 3.05) is 13.1 Å². The molecule has 15 heavy (non-hydrogen) atoms. The van der Waals surface area contributed by atoms with Gasteiger partial charge in [0.05, 0.1) is 5.92 Å². The lowest BCUT2D eigenvalue weighted by atomic mass is 9.75. The van der Waals surface area contributed by atoms with Crippen LogP contribution in [-0.4, -0.2) is 24.8 Å². The van der Waals surface area contributed by atoms with Gasteiger partial charge in [-0.2, -0.15) is 13.2 Å². The van der Waals surface area contributed by atoms with Crippen LogP contribution in [0, 0.1) is 5.92 Å². The molecule has 2 atom stereocenters. The minimum atomic E-state index is -4.07. The van der Waals surface area contributed by atoms with Crippen molar-refractivity contribution in [3.63, 3.8) is 0 Å². The molecule has 1 aliphatic rings. The molecule has 0 aromatic carbocycles. The maximum absolute atomic E-state index is 12.6. The lowest BCUT2D eigenvalue weighted by molar-refractivity contribution is -0.188. The van der Waals surface area contributed by atoms with E-state index in [4.69, 9.17) is 5.73 Å². The van der Waals surface area contributed by atoms with Gasteiger partial charge in [-0.05, 0) is 25.8 Å². The molecule has 0 spiro atoms. The lowest BCUT2D eigenvalue weighted by Gasteiger charge is -2.41. The minimum Gasteiger partial charge on any atom is -0.329 e. The topological polar surface area (TPSA) is 38.0 Å². The summed E-state index contributed by atoms with van der Waals surface area (Å²) < 4.78 is 37.8. The monoisotopic (exact) mass is 224 g/mol. The molecular weight excluding hydrogens is 205 g/mol. The average Bonchev–Trinajstić information content (AvgIpc) is 2.17. The second-order valence-electron chi connectivity index (χ2n) is 4.35. The fourth-order valence-corrected chi connectivity index (χ4v) is 2.44. The number of hydrogen-bond donors (Lipinski definition) is 2. The van der Waals surface area contributed by atoms with Crippen LogP contribution in [0.4, 0.5) is 13.2 Å². The molecule has 0 aliphatic heterocycles. The smallest absolute Gasteiger partial charge is 0.329 e. The number of alkyl halides is 3. The quantitative estimate of drug-likeness (QED) is 0.770. The highest BCUT2D eigenvalue weighted by Crippen LogP contribution is 2.41. The van der Waals surface area contributed by atoms with Gasteiger partial charge >= 0.3 is 6.18 Å². The van der Waals surface area contributed by atoms with Crippen LogP contribution in [0.2, 0.25) is 0 Å². The van der Waals surface area contributed by atoms with Crippen LogP contribution in [0.3, 0.4) is 0 Å². The Morgan fingerprint density at radius 1 is 1.47 bits per heavy atom. The van der Waals surface area contributed by atoms with Crippen LogP contribution in [0.15, 0.2) is 0 Å². The highest BCUT2D eigenvalue weighted by molar-refractivity contribution is 4.95. The summed E-state index contributed by atoms with van der Waals surface area (Å²) in [6, 6.07) is 0. The Hall–Kier alpha value is -0.290. The molecule has 5 heteroatoms. The molecule has 90 valence electrons. The van der Waals surface area contributed by atoms with Crippen LogP contribution >= 0.6 is 0 Å². The molecule has 2 unspecified atom stereocenters. The molecule has 0 saturated heterocycles. The highest BCUT2D eigenvalue weighted by atomic mass is 19.4. The first-order valence-corrected chi connectivity index (χ1v) is 5.45. The van der Waals surface area contributed by atoms with Crippen molar-refractivity contribution in [1.29, 1.82) is 0 Å². The van der Waals surface area contributed by atoms with E-state index in [1.807, 2.05) is 6.92 Å². The molecule has 0 aromatic rings. The second kappa shape index (κ2) is 4.70. The number of rotatable bonds is 3. The van der Waals surface area contributed by atoms with Gasteiger partial charge in [0, 0.05) is 12.1 Å². The van der Waals surface area contributed by atoms with Crippen molar-refractivity contribution in [1.82, 2.24) is 5.32 Å². The third-order valence-electron chi connectivity index (χ3n) is 3.25. The van der Waals surface area contributed by atoms with E-state index in [0.717, 1.165) is 6.42 Å². The Labute approximate surface area is 88.4 Å². The lowest BCUT2D eigenvalue weighted by Crippen LogP contribution is -2.55. The van der Waals surface area contributed by atoms with Crippen LogP contribution in [0.5, 0.6) is 0 Å². The Balaban J connectivity index is 2.68. The van der Waals surface area contributed by atoms with E-state index in [2.05, 4.69) is 5.32 Å². The summed E-state index contributed by atoms with van der Waals surface area (Å²) in [5, 5.41) is 3.12. The van der Waals surface area contributed by atoms with E-state index in [-0.39, 0.29) is 19.4 Å². The SMILES string of the molecule is CCNC1(CN)CCCC(C(F)(F)F)C1. The summed E-state index contributed by atoms with van der Waals surface area (Å²) in [6.45, 7) is 2.85. The fraction of sp³-hybridized carbons (Fsp3) is 1.00. The summed E-state index contributed by atoms with van der Waals surface area (Å²) in [5.74, 6) is -1.19. The van der Waals surface area contributed by atoms with Crippen molar-refractivity contribution < 1.29 is 13.2 Å². The first-order chi connectivity index (χ1) is 6.93. The van der Waals surface area contributed by atoms with Gasteiger partial charge in [0.25, 0.3) is 0 Å². The summed E-state index contributed by atoms with van der Waals surface area (Å²) in [4.78, 5) is 0. The van der Waals surface area contributed by atoms with Crippen molar-refractivity contribution in [3.05, 3.63) is 0 Å². The van der Waals surface area contributed by atoms with Gasteiger partial charge in [0.2, 0.25) is 0 Å². The predicted octanol–water partition coefficient (Wildman–Crippen LogP) is 2.05. The van der Waals surface area contributed by atoms with Gasteiger partial charge in [-0.1, -0.05) is 13.3 Å². The predicted molar refractivity (Wildman–Crippen MR) is 53.5 cm³/mol. The zero-order valence-electron chi connectivity index (χ0n) is 9.03. The van der Waals surface area contributed by atoms with Gasteiger partial charge in [-0.15, -0.1) is 0 Å². The number of likely N-dealkylation sites (N-methyl/N-ethyl adjacent to an activating group) is 1. The van der Waals surface area contributed by atoms with Crippen molar-refractivity contribution >= 4 is 0 Å². The van der Waals surface area contributed by atoms with Gasteiger partial charge < -0.3 is 11.1 Å². The number of halogens is 3. The first kappa shape index (κ1) is 12.8. The summed E-state index contributed by atoms with van der Waals surface area (Å²) >= 11 is 0. The molecule has 1 rings (SSSR count). The molecular formula is C10H19F3N2. The van der Waals surface area contributed by atoms with Crippen LogP contribution in [0.1, 0.15) is 32.6 Å². The van der Waals surface area contributed by atoms with Crippen LogP contribution in [-0.2, 0) is 0 Å². The zero-order valence-corrected chi connectivity index (χ0v) is 9.03. The molecule has 1 saturated carbocycles. The van der Waals surface area contributed by atoms with E-state index >= 15 is 0 Å². The van der Waals surface area contributed by atoms with Gasteiger partial charge in [0.15, 0.2) is 0 Å². The normalized spacial score (nSPS) is 33.0. The minimum absolute atomic E-state index is 0.126. The van der Waals surface area contributed by atoms with E-state index in [1.165, 1.54) is 0 Å². The molecule has 0 bridgehead atoms. The van der Waals surface area contributed by atoms with Gasteiger partial charge in [0.1, 0.15) is 0 Å². The van der Waals surface area contributed by atoms with Gasteiger partial charge in [-0.3, -0.25) is 0 Å². The largest absolute Gasteiger partial charge is 0.391 e.